The maximum atomic E-state index is 9.46. The van der Waals surface area contributed by atoms with Crippen molar-refractivity contribution in [3.05, 3.63) is 55.0 Å². The lowest BCUT2D eigenvalue weighted by atomic mass is 9.58. The minimum atomic E-state index is -0.470. The number of fused-ring (bicyclic) bond motifs is 1. The minimum absolute atomic E-state index is 0.303. The number of nitrogen functional groups attached to an aromatic ring is 1. The van der Waals surface area contributed by atoms with Crippen LogP contribution in [0.15, 0.2) is 55.0 Å². The molecule has 8 heteroatoms. The van der Waals surface area contributed by atoms with E-state index in [2.05, 4.69) is 22.1 Å². The molecule has 0 radical (unpaired) electrons. The van der Waals surface area contributed by atoms with Gasteiger partial charge in [0, 0.05) is 29.5 Å². The Kier molecular flexibility index (Phi) is 4.38. The highest BCUT2D eigenvalue weighted by atomic mass is 15.3. The van der Waals surface area contributed by atoms with E-state index >= 15 is 0 Å². The summed E-state index contributed by atoms with van der Waals surface area (Å²) in [5.74, 6) is 0.417. The number of nitriles is 2. The lowest BCUT2D eigenvalue weighted by molar-refractivity contribution is 0.0200. The van der Waals surface area contributed by atoms with Crippen molar-refractivity contribution in [2.75, 3.05) is 5.73 Å². The maximum Gasteiger partial charge on any atom is 0.123 e. The average Bonchev–Trinajstić information content (AvgIpc) is 3.28. The number of rotatable bonds is 4. The SMILES string of the molecule is C[C@]1(C#N)C[C@](CC#N)(n2ccc(-c3nc(-c4ccnc(N)c4)cc4ncccc34)n2)C1. The van der Waals surface area contributed by atoms with E-state index in [1.165, 1.54) is 0 Å². The Morgan fingerprint density at radius 3 is 2.69 bits per heavy atom. The largest absolute Gasteiger partial charge is 0.384 e. The molecule has 1 aliphatic rings. The minimum Gasteiger partial charge on any atom is -0.384 e. The molecule has 0 aliphatic heterocycles. The number of nitrogens with zero attached hydrogens (tertiary/aromatic N) is 7. The molecule has 0 bridgehead atoms. The van der Waals surface area contributed by atoms with E-state index in [0.29, 0.717) is 36.5 Å². The molecule has 8 nitrogen and oxygen atoms in total. The first-order chi connectivity index (χ1) is 15.5. The van der Waals surface area contributed by atoms with Crippen molar-refractivity contribution in [2.45, 2.75) is 31.7 Å². The summed E-state index contributed by atoms with van der Waals surface area (Å²) in [5.41, 5.74) is 8.73. The van der Waals surface area contributed by atoms with Gasteiger partial charge in [-0.3, -0.25) is 9.67 Å². The summed E-state index contributed by atoms with van der Waals surface area (Å²) in [6, 6.07) is 15.9. The van der Waals surface area contributed by atoms with Gasteiger partial charge in [0.05, 0.1) is 40.7 Å². The van der Waals surface area contributed by atoms with Gasteiger partial charge in [0.2, 0.25) is 0 Å². The Hall–Kier alpha value is -4.30. The molecule has 0 amide bonds. The molecule has 0 saturated heterocycles. The second kappa shape index (κ2) is 7.14. The van der Waals surface area contributed by atoms with Crippen LogP contribution in [-0.4, -0.2) is 24.7 Å². The van der Waals surface area contributed by atoms with Crippen LogP contribution in [0.4, 0.5) is 5.82 Å². The Morgan fingerprint density at radius 1 is 1.09 bits per heavy atom. The van der Waals surface area contributed by atoms with Crippen LogP contribution >= 0.6 is 0 Å². The van der Waals surface area contributed by atoms with Crippen LogP contribution in [0.1, 0.15) is 26.2 Å². The van der Waals surface area contributed by atoms with Gasteiger partial charge in [0.25, 0.3) is 0 Å². The van der Waals surface area contributed by atoms with Gasteiger partial charge in [0.1, 0.15) is 17.2 Å². The summed E-state index contributed by atoms with van der Waals surface area (Å²) in [5, 5.41) is 24.6. The third-order valence-corrected chi connectivity index (χ3v) is 6.11. The van der Waals surface area contributed by atoms with Crippen LogP contribution in [0, 0.1) is 28.1 Å². The lowest BCUT2D eigenvalue weighted by Crippen LogP contribution is -2.51. The highest BCUT2D eigenvalue weighted by Gasteiger charge is 2.54. The monoisotopic (exact) mass is 420 g/mol. The number of pyridine rings is 3. The van der Waals surface area contributed by atoms with Gasteiger partial charge in [-0.25, -0.2) is 9.97 Å². The number of hydrogen-bond acceptors (Lipinski definition) is 7. The fourth-order valence-corrected chi connectivity index (χ4v) is 4.74. The molecule has 0 atom stereocenters. The number of nitrogens with two attached hydrogens (primary N) is 1. The van der Waals surface area contributed by atoms with Crippen molar-refractivity contribution in [1.29, 1.82) is 10.5 Å². The lowest BCUT2D eigenvalue weighted by Gasteiger charge is -2.50. The molecule has 1 saturated carbocycles. The van der Waals surface area contributed by atoms with Crippen LogP contribution in [0.2, 0.25) is 0 Å². The summed E-state index contributed by atoms with van der Waals surface area (Å²) in [6.07, 6.45) is 6.77. The zero-order valence-electron chi connectivity index (χ0n) is 17.5. The molecule has 0 spiro atoms. The van der Waals surface area contributed by atoms with Gasteiger partial charge in [0.15, 0.2) is 0 Å². The Balaban J connectivity index is 1.62. The van der Waals surface area contributed by atoms with Crippen molar-refractivity contribution < 1.29 is 0 Å². The molecular formula is C24H20N8. The predicted octanol–water partition coefficient (Wildman–Crippen LogP) is 4.07. The molecule has 1 fully saturated rings. The van der Waals surface area contributed by atoms with Crippen molar-refractivity contribution in [3.8, 4) is 34.8 Å². The van der Waals surface area contributed by atoms with Gasteiger partial charge in [-0.1, -0.05) is 0 Å². The first-order valence-corrected chi connectivity index (χ1v) is 10.3. The second-order valence-electron chi connectivity index (χ2n) is 8.63. The van der Waals surface area contributed by atoms with Gasteiger partial charge < -0.3 is 5.73 Å². The van der Waals surface area contributed by atoms with E-state index < -0.39 is 11.0 Å². The number of aromatic nitrogens is 5. The zero-order valence-corrected chi connectivity index (χ0v) is 17.5. The molecule has 32 heavy (non-hydrogen) atoms. The molecule has 1 aliphatic carbocycles. The van der Waals surface area contributed by atoms with E-state index in [9.17, 15) is 10.5 Å². The summed E-state index contributed by atoms with van der Waals surface area (Å²) in [6.45, 7) is 1.93. The molecule has 4 aromatic rings. The second-order valence-corrected chi connectivity index (χ2v) is 8.63. The van der Waals surface area contributed by atoms with Crippen molar-refractivity contribution in [2.24, 2.45) is 5.41 Å². The first kappa shape index (κ1) is 19.7. The molecule has 156 valence electrons. The highest BCUT2D eigenvalue weighted by Crippen LogP contribution is 2.54. The summed E-state index contributed by atoms with van der Waals surface area (Å²) < 4.78 is 1.84. The van der Waals surface area contributed by atoms with Crippen LogP contribution in [0.3, 0.4) is 0 Å². The highest BCUT2D eigenvalue weighted by molar-refractivity contribution is 5.93. The first-order valence-electron chi connectivity index (χ1n) is 10.3. The van der Waals surface area contributed by atoms with Crippen molar-refractivity contribution in [3.63, 3.8) is 0 Å². The zero-order chi connectivity index (χ0) is 22.3. The molecular weight excluding hydrogens is 400 g/mol. The molecule has 0 unspecified atom stereocenters. The van der Waals surface area contributed by atoms with Crippen LogP contribution in [0.5, 0.6) is 0 Å². The fraction of sp³-hybridized carbons (Fsp3) is 0.250. The summed E-state index contributed by atoms with van der Waals surface area (Å²) in [4.78, 5) is 13.5. The van der Waals surface area contributed by atoms with Gasteiger partial charge in [-0.2, -0.15) is 15.6 Å². The molecule has 0 aromatic carbocycles. The van der Waals surface area contributed by atoms with Crippen molar-refractivity contribution in [1.82, 2.24) is 24.7 Å². The van der Waals surface area contributed by atoms with E-state index in [4.69, 9.17) is 15.8 Å². The third kappa shape index (κ3) is 3.14. The van der Waals surface area contributed by atoms with Crippen LogP contribution < -0.4 is 5.73 Å². The van der Waals surface area contributed by atoms with Gasteiger partial charge in [-0.15, -0.1) is 0 Å². The van der Waals surface area contributed by atoms with Gasteiger partial charge >= 0.3 is 0 Å². The Labute approximate surface area is 185 Å². The quantitative estimate of drug-likeness (QED) is 0.526. The topological polar surface area (TPSA) is 130 Å². The van der Waals surface area contributed by atoms with Crippen LogP contribution in [-0.2, 0) is 5.54 Å². The van der Waals surface area contributed by atoms with Crippen molar-refractivity contribution >= 4 is 16.7 Å². The molecule has 4 heterocycles. The summed E-state index contributed by atoms with van der Waals surface area (Å²) >= 11 is 0. The van der Waals surface area contributed by atoms with E-state index in [0.717, 1.165) is 22.2 Å². The van der Waals surface area contributed by atoms with Crippen LogP contribution in [0.25, 0.3) is 33.5 Å². The van der Waals surface area contributed by atoms with E-state index in [1.807, 2.05) is 48.1 Å². The average molecular weight is 420 g/mol. The predicted molar refractivity (Wildman–Crippen MR) is 120 cm³/mol. The normalized spacial score (nSPS) is 22.1. The van der Waals surface area contributed by atoms with Gasteiger partial charge in [-0.05, 0) is 56.2 Å². The standard InChI is InChI=1S/C24H20N8/c1-23(15-26)13-24(14-23,6-7-25)32-10-5-18(31-32)22-17-3-2-8-28-20(17)12-19(30-22)16-4-9-29-21(27)11-16/h2-5,8-12H,6,13-14H2,1H3,(H2,27,29)/t23-,24-. The maximum absolute atomic E-state index is 9.46. The van der Waals surface area contributed by atoms with E-state index in [-0.39, 0.29) is 0 Å². The van der Waals surface area contributed by atoms with E-state index in [1.54, 1.807) is 18.5 Å². The number of hydrogen-bond donors (Lipinski definition) is 1. The Bertz CT molecular complexity index is 1420. The number of anilines is 1. The summed E-state index contributed by atoms with van der Waals surface area (Å²) in [7, 11) is 0. The molecule has 2 N–H and O–H groups in total. The third-order valence-electron chi connectivity index (χ3n) is 6.11. The smallest absolute Gasteiger partial charge is 0.123 e. The molecule has 4 aromatic heterocycles. The molecule has 5 rings (SSSR count). The Morgan fingerprint density at radius 2 is 1.94 bits per heavy atom. The fourth-order valence-electron chi connectivity index (χ4n) is 4.74.